The Bertz CT molecular complexity index is 1230. The first-order chi connectivity index (χ1) is 18.5. The van der Waals surface area contributed by atoms with Crippen LogP contribution >= 0.6 is 11.6 Å². The van der Waals surface area contributed by atoms with Gasteiger partial charge in [0.2, 0.25) is 5.91 Å². The van der Waals surface area contributed by atoms with Crippen LogP contribution in [0, 0.1) is 0 Å². The van der Waals surface area contributed by atoms with Crippen LogP contribution in [0.25, 0.3) is 11.3 Å². The number of carbonyl (C=O) groups excluding carboxylic acids is 1. The van der Waals surface area contributed by atoms with Gasteiger partial charge in [0, 0.05) is 81.0 Å². The van der Waals surface area contributed by atoms with Gasteiger partial charge in [0.15, 0.2) is 0 Å². The van der Waals surface area contributed by atoms with Crippen LogP contribution in [0.5, 0.6) is 5.75 Å². The standard InChI is InChI=1S/C30H38ClN5O2/c1-23(37)35-17-14-27-26(22-35)30(24-10-12-25(31)13-11-24)32-36(27)16-7-3-6-15-33-18-20-34(21-19-33)28-8-4-5-9-29(28)38-2/h4-5,8-13H,3,6-7,14-22H2,1-2H3. The molecule has 0 atom stereocenters. The van der Waals surface area contributed by atoms with Crippen molar-refractivity contribution in [1.29, 1.82) is 0 Å². The van der Waals surface area contributed by atoms with E-state index in [4.69, 9.17) is 21.4 Å². The summed E-state index contributed by atoms with van der Waals surface area (Å²) >= 11 is 6.12. The van der Waals surface area contributed by atoms with Gasteiger partial charge in [-0.1, -0.05) is 42.3 Å². The van der Waals surface area contributed by atoms with Crippen molar-refractivity contribution < 1.29 is 9.53 Å². The lowest BCUT2D eigenvalue weighted by Crippen LogP contribution is -2.46. The number of carbonyl (C=O) groups is 1. The maximum Gasteiger partial charge on any atom is 0.219 e. The number of para-hydroxylation sites is 2. The van der Waals surface area contributed by atoms with Crippen LogP contribution < -0.4 is 9.64 Å². The van der Waals surface area contributed by atoms with Crippen molar-refractivity contribution in [3.05, 3.63) is 64.8 Å². The summed E-state index contributed by atoms with van der Waals surface area (Å²) in [5.41, 5.74) is 5.70. The number of hydrogen-bond donors (Lipinski definition) is 0. The number of aromatic nitrogens is 2. The molecule has 7 nitrogen and oxygen atoms in total. The number of nitrogens with zero attached hydrogens (tertiary/aromatic N) is 5. The van der Waals surface area contributed by atoms with Crippen LogP contribution in [0.2, 0.25) is 5.02 Å². The third kappa shape index (κ3) is 6.00. The molecule has 1 saturated heterocycles. The molecule has 0 radical (unpaired) electrons. The molecule has 0 unspecified atom stereocenters. The normalized spacial score (nSPS) is 16.0. The molecule has 3 aromatic rings. The second-order valence-corrected chi connectivity index (χ2v) is 10.7. The Balaban J connectivity index is 1.13. The summed E-state index contributed by atoms with van der Waals surface area (Å²) in [7, 11) is 1.74. The number of fused-ring (bicyclic) bond motifs is 1. The summed E-state index contributed by atoms with van der Waals surface area (Å²) in [6, 6.07) is 16.2. The van der Waals surface area contributed by atoms with E-state index in [1.54, 1.807) is 14.0 Å². The average molecular weight is 536 g/mol. The largest absolute Gasteiger partial charge is 0.495 e. The van der Waals surface area contributed by atoms with Gasteiger partial charge < -0.3 is 14.5 Å². The molecule has 1 aromatic heterocycles. The highest BCUT2D eigenvalue weighted by molar-refractivity contribution is 6.30. The molecule has 38 heavy (non-hydrogen) atoms. The van der Waals surface area contributed by atoms with Crippen molar-refractivity contribution in [1.82, 2.24) is 19.6 Å². The SMILES string of the molecule is COc1ccccc1N1CCN(CCCCCn2nc(-c3ccc(Cl)cc3)c3c2CCN(C(C)=O)C3)CC1. The lowest BCUT2D eigenvalue weighted by Gasteiger charge is -2.36. The zero-order valence-corrected chi connectivity index (χ0v) is 23.3. The van der Waals surface area contributed by atoms with Crippen molar-refractivity contribution in [2.24, 2.45) is 0 Å². The van der Waals surface area contributed by atoms with Crippen molar-refractivity contribution in [3.63, 3.8) is 0 Å². The number of ether oxygens (including phenoxy) is 1. The van der Waals surface area contributed by atoms with Crippen LogP contribution in [0.4, 0.5) is 5.69 Å². The Kier molecular flexibility index (Phi) is 8.55. The predicted octanol–water partition coefficient (Wildman–Crippen LogP) is 5.11. The Morgan fingerprint density at radius 1 is 0.947 bits per heavy atom. The maximum absolute atomic E-state index is 12.1. The van der Waals surface area contributed by atoms with E-state index in [0.29, 0.717) is 11.6 Å². The van der Waals surface area contributed by atoms with Gasteiger partial charge in [-0.05, 0) is 43.7 Å². The number of amides is 1. The second-order valence-electron chi connectivity index (χ2n) is 10.3. The molecule has 2 aromatic carbocycles. The zero-order valence-electron chi connectivity index (χ0n) is 22.5. The van der Waals surface area contributed by atoms with Gasteiger partial charge in [0.25, 0.3) is 0 Å². The van der Waals surface area contributed by atoms with Crippen molar-refractivity contribution in [2.45, 2.75) is 45.7 Å². The van der Waals surface area contributed by atoms with Gasteiger partial charge in [-0.3, -0.25) is 14.4 Å². The number of benzene rings is 2. The Hall–Kier alpha value is -3.03. The summed E-state index contributed by atoms with van der Waals surface area (Å²) < 4.78 is 7.75. The van der Waals surface area contributed by atoms with E-state index in [-0.39, 0.29) is 5.91 Å². The summed E-state index contributed by atoms with van der Waals surface area (Å²) in [5.74, 6) is 1.07. The molecule has 3 heterocycles. The molecule has 1 amide bonds. The summed E-state index contributed by atoms with van der Waals surface area (Å²) in [6.45, 7) is 9.32. The van der Waals surface area contributed by atoms with Gasteiger partial charge in [-0.25, -0.2) is 0 Å². The number of hydrogen-bond acceptors (Lipinski definition) is 5. The molecule has 0 aliphatic carbocycles. The number of unbranched alkanes of at least 4 members (excludes halogenated alkanes) is 2. The fourth-order valence-corrected chi connectivity index (χ4v) is 5.79. The monoisotopic (exact) mass is 535 g/mol. The fraction of sp³-hybridized carbons (Fsp3) is 0.467. The summed E-state index contributed by atoms with van der Waals surface area (Å²) in [5, 5.41) is 5.75. The van der Waals surface area contributed by atoms with Crippen molar-refractivity contribution in [3.8, 4) is 17.0 Å². The highest BCUT2D eigenvalue weighted by atomic mass is 35.5. The number of anilines is 1. The maximum atomic E-state index is 12.1. The average Bonchev–Trinajstić information content (AvgIpc) is 3.31. The number of methoxy groups -OCH3 is 1. The van der Waals surface area contributed by atoms with E-state index in [9.17, 15) is 4.79 Å². The Morgan fingerprint density at radius 2 is 1.68 bits per heavy atom. The lowest BCUT2D eigenvalue weighted by molar-refractivity contribution is -0.129. The van der Waals surface area contributed by atoms with Crippen molar-refractivity contribution in [2.75, 3.05) is 51.3 Å². The minimum absolute atomic E-state index is 0.120. The molecule has 0 spiro atoms. The first-order valence-corrected chi connectivity index (χ1v) is 14.1. The first kappa shape index (κ1) is 26.6. The fourth-order valence-electron chi connectivity index (χ4n) is 5.66. The van der Waals surface area contributed by atoms with E-state index < -0.39 is 0 Å². The molecule has 0 saturated carbocycles. The summed E-state index contributed by atoms with van der Waals surface area (Å²) in [4.78, 5) is 19.0. The summed E-state index contributed by atoms with van der Waals surface area (Å²) in [6.07, 6.45) is 4.33. The zero-order chi connectivity index (χ0) is 26.5. The molecule has 5 rings (SSSR count). The van der Waals surface area contributed by atoms with E-state index in [0.717, 1.165) is 75.7 Å². The third-order valence-corrected chi connectivity index (χ3v) is 8.09. The van der Waals surface area contributed by atoms with Gasteiger partial charge >= 0.3 is 0 Å². The number of rotatable bonds is 9. The van der Waals surface area contributed by atoms with Gasteiger partial charge in [0.1, 0.15) is 5.75 Å². The van der Waals surface area contributed by atoms with Gasteiger partial charge in [0.05, 0.1) is 18.5 Å². The number of piperazine rings is 1. The molecule has 1 fully saturated rings. The van der Waals surface area contributed by atoms with E-state index in [1.807, 2.05) is 41.3 Å². The quantitative estimate of drug-likeness (QED) is 0.356. The highest BCUT2D eigenvalue weighted by Crippen LogP contribution is 2.31. The van der Waals surface area contributed by atoms with Crippen LogP contribution in [0.15, 0.2) is 48.5 Å². The second kappa shape index (κ2) is 12.2. The smallest absolute Gasteiger partial charge is 0.219 e. The van der Waals surface area contributed by atoms with Crippen LogP contribution in [0.3, 0.4) is 0 Å². The predicted molar refractivity (Wildman–Crippen MR) is 153 cm³/mol. The van der Waals surface area contributed by atoms with E-state index in [2.05, 4.69) is 26.6 Å². The Morgan fingerprint density at radius 3 is 2.42 bits per heavy atom. The van der Waals surface area contributed by atoms with Crippen LogP contribution in [-0.2, 0) is 24.3 Å². The molecular weight excluding hydrogens is 498 g/mol. The molecular formula is C30H38ClN5O2. The molecule has 2 aliphatic heterocycles. The Labute approximate surface area is 230 Å². The third-order valence-electron chi connectivity index (χ3n) is 7.84. The number of aryl methyl sites for hydroxylation is 1. The lowest BCUT2D eigenvalue weighted by atomic mass is 10.0. The van der Waals surface area contributed by atoms with Crippen molar-refractivity contribution >= 4 is 23.2 Å². The van der Waals surface area contributed by atoms with E-state index in [1.165, 1.54) is 29.8 Å². The molecule has 8 heteroatoms. The van der Waals surface area contributed by atoms with Gasteiger partial charge in [-0.15, -0.1) is 0 Å². The minimum Gasteiger partial charge on any atom is -0.495 e. The topological polar surface area (TPSA) is 53.8 Å². The number of halogens is 1. The van der Waals surface area contributed by atoms with Crippen LogP contribution in [-0.4, -0.2) is 71.9 Å². The molecule has 0 N–H and O–H groups in total. The molecule has 202 valence electrons. The van der Waals surface area contributed by atoms with E-state index >= 15 is 0 Å². The minimum atomic E-state index is 0.120. The highest BCUT2D eigenvalue weighted by Gasteiger charge is 2.26. The molecule has 2 aliphatic rings. The van der Waals surface area contributed by atoms with Crippen LogP contribution in [0.1, 0.15) is 37.4 Å². The molecule has 0 bridgehead atoms. The first-order valence-electron chi connectivity index (χ1n) is 13.7. The van der Waals surface area contributed by atoms with Gasteiger partial charge in [-0.2, -0.15) is 5.10 Å².